The van der Waals surface area contributed by atoms with Crippen LogP contribution in [0.4, 0.5) is 10.1 Å². The molecule has 0 aliphatic heterocycles. The average molecular weight is 171 g/mol. The predicted molar refractivity (Wildman–Crippen MR) is 48.0 cm³/mol. The van der Waals surface area contributed by atoms with Gasteiger partial charge in [0.2, 0.25) is 0 Å². The summed E-state index contributed by atoms with van der Waals surface area (Å²) in [7, 11) is 0. The highest BCUT2D eigenvalue weighted by molar-refractivity contribution is 7.97. The van der Waals surface area contributed by atoms with Crippen LogP contribution < -0.4 is 5.73 Å². The Morgan fingerprint density at radius 1 is 1.55 bits per heavy atom. The molecule has 0 amide bonds. The van der Waals surface area contributed by atoms with Crippen LogP contribution in [-0.4, -0.2) is 6.26 Å². The minimum absolute atomic E-state index is 0.219. The number of benzene rings is 1. The van der Waals surface area contributed by atoms with Crippen LogP contribution in [0.3, 0.4) is 0 Å². The fourth-order valence-corrected chi connectivity index (χ4v) is 1.42. The number of halogens is 1. The first kappa shape index (κ1) is 8.40. The van der Waals surface area contributed by atoms with E-state index in [2.05, 4.69) is 0 Å². The number of anilines is 1. The van der Waals surface area contributed by atoms with Gasteiger partial charge in [0.15, 0.2) is 0 Å². The van der Waals surface area contributed by atoms with E-state index in [0.717, 1.165) is 11.3 Å². The highest BCUT2D eigenvalue weighted by atomic mass is 32.2. The van der Waals surface area contributed by atoms with Crippen molar-refractivity contribution in [3.05, 3.63) is 29.6 Å². The lowest BCUT2D eigenvalue weighted by Crippen LogP contribution is -1.92. The molecule has 2 N–H and O–H groups in total. The molecule has 60 valence electrons. The molecule has 0 heterocycles. The van der Waals surface area contributed by atoms with Gasteiger partial charge >= 0.3 is 0 Å². The number of hydrogen-bond donors (Lipinski definition) is 1. The Balaban J connectivity index is 2.93. The molecule has 0 fully saturated rings. The molecule has 1 rings (SSSR count). The van der Waals surface area contributed by atoms with Crippen LogP contribution in [-0.2, 0) is 5.75 Å². The largest absolute Gasteiger partial charge is 0.398 e. The van der Waals surface area contributed by atoms with Gasteiger partial charge in [-0.05, 0) is 30.0 Å². The Kier molecular flexibility index (Phi) is 2.76. The Morgan fingerprint density at radius 2 is 2.27 bits per heavy atom. The van der Waals surface area contributed by atoms with Gasteiger partial charge in [-0.25, -0.2) is 4.39 Å². The quantitative estimate of drug-likeness (QED) is 0.691. The molecule has 1 aromatic carbocycles. The van der Waals surface area contributed by atoms with E-state index in [9.17, 15) is 4.39 Å². The molecule has 0 saturated carbocycles. The Morgan fingerprint density at radius 3 is 2.91 bits per heavy atom. The van der Waals surface area contributed by atoms with Gasteiger partial charge in [-0.2, -0.15) is 11.8 Å². The number of rotatable bonds is 2. The third-order valence-corrected chi connectivity index (χ3v) is 2.00. The molecule has 0 radical (unpaired) electrons. The predicted octanol–water partition coefficient (Wildman–Crippen LogP) is 2.27. The van der Waals surface area contributed by atoms with Crippen LogP contribution in [0, 0.1) is 5.82 Å². The highest BCUT2D eigenvalue weighted by Crippen LogP contribution is 2.17. The van der Waals surface area contributed by atoms with E-state index in [1.54, 1.807) is 17.8 Å². The summed E-state index contributed by atoms with van der Waals surface area (Å²) >= 11 is 1.63. The van der Waals surface area contributed by atoms with E-state index in [1.807, 2.05) is 6.26 Å². The van der Waals surface area contributed by atoms with Crippen LogP contribution in [0.15, 0.2) is 18.2 Å². The molecule has 3 heteroatoms. The van der Waals surface area contributed by atoms with Crippen LogP contribution >= 0.6 is 11.8 Å². The van der Waals surface area contributed by atoms with Crippen molar-refractivity contribution in [2.24, 2.45) is 0 Å². The molecular formula is C8H10FNS. The molecule has 0 spiro atoms. The summed E-state index contributed by atoms with van der Waals surface area (Å²) in [6.45, 7) is 0. The zero-order chi connectivity index (χ0) is 8.27. The summed E-state index contributed by atoms with van der Waals surface area (Å²) in [6.07, 6.45) is 1.96. The number of thioether (sulfide) groups is 1. The molecular weight excluding hydrogens is 161 g/mol. The van der Waals surface area contributed by atoms with E-state index >= 15 is 0 Å². The molecule has 0 atom stereocenters. The normalized spacial score (nSPS) is 10.0. The summed E-state index contributed by atoms with van der Waals surface area (Å²) < 4.78 is 12.6. The Labute approximate surface area is 69.8 Å². The van der Waals surface area contributed by atoms with Gasteiger partial charge in [0.05, 0.1) is 0 Å². The summed E-state index contributed by atoms with van der Waals surface area (Å²) in [6, 6.07) is 4.45. The van der Waals surface area contributed by atoms with Crippen molar-refractivity contribution >= 4 is 17.4 Å². The van der Waals surface area contributed by atoms with E-state index in [-0.39, 0.29) is 5.82 Å². The van der Waals surface area contributed by atoms with Crippen molar-refractivity contribution in [1.82, 2.24) is 0 Å². The molecule has 0 saturated heterocycles. The zero-order valence-electron chi connectivity index (χ0n) is 6.30. The van der Waals surface area contributed by atoms with Gasteiger partial charge in [-0.1, -0.05) is 0 Å². The highest BCUT2D eigenvalue weighted by Gasteiger charge is 1.98. The lowest BCUT2D eigenvalue weighted by Gasteiger charge is -2.02. The molecule has 0 bridgehead atoms. The first-order valence-electron chi connectivity index (χ1n) is 3.27. The van der Waals surface area contributed by atoms with Gasteiger partial charge in [0.25, 0.3) is 0 Å². The van der Waals surface area contributed by atoms with E-state index < -0.39 is 0 Å². The monoisotopic (exact) mass is 171 g/mol. The lowest BCUT2D eigenvalue weighted by atomic mass is 10.2. The van der Waals surface area contributed by atoms with Crippen molar-refractivity contribution < 1.29 is 4.39 Å². The molecule has 0 aliphatic carbocycles. The van der Waals surface area contributed by atoms with Crippen molar-refractivity contribution in [3.8, 4) is 0 Å². The van der Waals surface area contributed by atoms with Crippen LogP contribution in [0.25, 0.3) is 0 Å². The maximum absolute atomic E-state index is 12.6. The topological polar surface area (TPSA) is 26.0 Å². The van der Waals surface area contributed by atoms with E-state index in [1.165, 1.54) is 12.1 Å². The molecule has 0 unspecified atom stereocenters. The second kappa shape index (κ2) is 3.62. The molecule has 0 aliphatic rings. The minimum Gasteiger partial charge on any atom is -0.398 e. The number of hydrogen-bond acceptors (Lipinski definition) is 2. The third kappa shape index (κ3) is 2.12. The van der Waals surface area contributed by atoms with Gasteiger partial charge < -0.3 is 5.73 Å². The van der Waals surface area contributed by atoms with Crippen molar-refractivity contribution in [2.45, 2.75) is 5.75 Å². The molecule has 0 aromatic heterocycles. The molecule has 11 heavy (non-hydrogen) atoms. The summed E-state index contributed by atoms with van der Waals surface area (Å²) in [5.74, 6) is 0.548. The van der Waals surface area contributed by atoms with Gasteiger partial charge in [0, 0.05) is 11.4 Å². The zero-order valence-corrected chi connectivity index (χ0v) is 7.12. The van der Waals surface area contributed by atoms with E-state index in [0.29, 0.717) is 5.69 Å². The van der Waals surface area contributed by atoms with Crippen molar-refractivity contribution in [2.75, 3.05) is 12.0 Å². The SMILES string of the molecule is CSCc1cc(F)ccc1N. The van der Waals surface area contributed by atoms with E-state index in [4.69, 9.17) is 5.73 Å². The molecule has 1 aromatic rings. The standard InChI is InChI=1S/C8H10FNS/c1-11-5-6-4-7(9)2-3-8(6)10/h2-4H,5,10H2,1H3. The van der Waals surface area contributed by atoms with Crippen LogP contribution in [0.5, 0.6) is 0 Å². The first-order valence-corrected chi connectivity index (χ1v) is 4.66. The minimum atomic E-state index is -0.219. The third-order valence-electron chi connectivity index (χ3n) is 1.40. The second-order valence-electron chi connectivity index (χ2n) is 2.28. The Hall–Kier alpha value is -0.700. The maximum Gasteiger partial charge on any atom is 0.123 e. The van der Waals surface area contributed by atoms with Gasteiger partial charge in [-0.3, -0.25) is 0 Å². The number of nitrogen functional groups attached to an aromatic ring is 1. The second-order valence-corrected chi connectivity index (χ2v) is 3.14. The summed E-state index contributed by atoms with van der Waals surface area (Å²) in [5, 5.41) is 0. The maximum atomic E-state index is 12.6. The van der Waals surface area contributed by atoms with Gasteiger partial charge in [-0.15, -0.1) is 0 Å². The smallest absolute Gasteiger partial charge is 0.123 e. The fourth-order valence-electron chi connectivity index (χ4n) is 0.855. The number of nitrogens with two attached hydrogens (primary N) is 1. The van der Waals surface area contributed by atoms with Crippen molar-refractivity contribution in [3.63, 3.8) is 0 Å². The van der Waals surface area contributed by atoms with Crippen LogP contribution in [0.2, 0.25) is 0 Å². The average Bonchev–Trinajstić information content (AvgIpc) is 1.98. The molecule has 1 nitrogen and oxygen atoms in total. The lowest BCUT2D eigenvalue weighted by molar-refractivity contribution is 0.627. The van der Waals surface area contributed by atoms with Crippen molar-refractivity contribution in [1.29, 1.82) is 0 Å². The van der Waals surface area contributed by atoms with Gasteiger partial charge in [0.1, 0.15) is 5.82 Å². The Bertz CT molecular complexity index is 250. The first-order chi connectivity index (χ1) is 5.24. The fraction of sp³-hybridized carbons (Fsp3) is 0.250. The summed E-state index contributed by atoms with van der Waals surface area (Å²) in [4.78, 5) is 0. The van der Waals surface area contributed by atoms with Crippen LogP contribution in [0.1, 0.15) is 5.56 Å². The summed E-state index contributed by atoms with van der Waals surface area (Å²) in [5.41, 5.74) is 7.14.